The molecule has 92 valence electrons. The van der Waals surface area contributed by atoms with Gasteiger partial charge < -0.3 is 15.4 Å². The summed E-state index contributed by atoms with van der Waals surface area (Å²) in [6, 6.07) is 1.59. The highest BCUT2D eigenvalue weighted by Gasteiger charge is 2.33. The van der Waals surface area contributed by atoms with Gasteiger partial charge in [0.15, 0.2) is 0 Å². The number of carbonyl (C=O) groups is 1. The van der Waals surface area contributed by atoms with E-state index in [9.17, 15) is 4.79 Å². The third-order valence-electron chi connectivity index (χ3n) is 3.39. The lowest BCUT2D eigenvalue weighted by atomic mass is 10.00. The molecule has 2 fully saturated rings. The van der Waals surface area contributed by atoms with Gasteiger partial charge in [0.1, 0.15) is 6.61 Å². The van der Waals surface area contributed by atoms with Crippen molar-refractivity contribution >= 4 is 5.91 Å². The number of hydrogen-bond acceptors (Lipinski definition) is 3. The zero-order valence-corrected chi connectivity index (χ0v) is 10.2. The van der Waals surface area contributed by atoms with Crippen LogP contribution in [0, 0.1) is 0 Å². The molecule has 0 saturated carbocycles. The molecule has 2 aliphatic heterocycles. The van der Waals surface area contributed by atoms with Gasteiger partial charge in [-0.2, -0.15) is 0 Å². The van der Waals surface area contributed by atoms with E-state index >= 15 is 0 Å². The number of nitrogens with one attached hydrogen (secondary N) is 2. The van der Waals surface area contributed by atoms with Gasteiger partial charge in [-0.05, 0) is 39.5 Å². The maximum Gasteiger partial charge on any atom is 0.246 e. The predicted molar refractivity (Wildman–Crippen MR) is 62.2 cm³/mol. The van der Waals surface area contributed by atoms with Crippen molar-refractivity contribution in [1.29, 1.82) is 0 Å². The van der Waals surface area contributed by atoms with Crippen LogP contribution in [0.2, 0.25) is 0 Å². The molecule has 0 aromatic heterocycles. The molecular weight excluding hydrogens is 204 g/mol. The summed E-state index contributed by atoms with van der Waals surface area (Å²) >= 11 is 0. The van der Waals surface area contributed by atoms with Crippen LogP contribution in [-0.4, -0.2) is 36.7 Å². The number of fused-ring (bicyclic) bond motifs is 2. The highest BCUT2D eigenvalue weighted by Crippen LogP contribution is 2.26. The van der Waals surface area contributed by atoms with E-state index in [-0.39, 0.29) is 18.6 Å². The third kappa shape index (κ3) is 3.19. The standard InChI is InChI=1S/C12H22N2O2/c1-8(2)16-7-12(15)14-11-5-9-3-4-10(6-11)13-9/h8-11,13H,3-7H2,1-2H3,(H,14,15). The van der Waals surface area contributed by atoms with Crippen LogP contribution in [0.1, 0.15) is 39.5 Å². The lowest BCUT2D eigenvalue weighted by Crippen LogP contribution is -2.48. The lowest BCUT2D eigenvalue weighted by molar-refractivity contribution is -0.128. The van der Waals surface area contributed by atoms with Crippen LogP contribution >= 0.6 is 0 Å². The first-order valence-corrected chi connectivity index (χ1v) is 6.30. The maximum atomic E-state index is 11.6. The van der Waals surface area contributed by atoms with E-state index in [1.165, 1.54) is 12.8 Å². The predicted octanol–water partition coefficient (Wildman–Crippen LogP) is 0.811. The molecule has 2 unspecified atom stereocenters. The molecule has 1 amide bonds. The van der Waals surface area contributed by atoms with Crippen molar-refractivity contribution in [3.05, 3.63) is 0 Å². The van der Waals surface area contributed by atoms with Crippen molar-refractivity contribution in [1.82, 2.24) is 10.6 Å². The Morgan fingerprint density at radius 3 is 2.56 bits per heavy atom. The number of hydrogen-bond donors (Lipinski definition) is 2. The normalized spacial score (nSPS) is 33.1. The van der Waals surface area contributed by atoms with Gasteiger partial charge in [-0.25, -0.2) is 0 Å². The largest absolute Gasteiger partial charge is 0.369 e. The molecule has 2 rings (SSSR count). The first-order chi connectivity index (χ1) is 7.63. The summed E-state index contributed by atoms with van der Waals surface area (Å²) in [7, 11) is 0. The Kier molecular flexibility index (Phi) is 3.82. The number of amides is 1. The Bertz CT molecular complexity index is 243. The van der Waals surface area contributed by atoms with Gasteiger partial charge in [-0.15, -0.1) is 0 Å². The maximum absolute atomic E-state index is 11.6. The SMILES string of the molecule is CC(C)OCC(=O)NC1CC2CCC(C1)N2. The fourth-order valence-corrected chi connectivity index (χ4v) is 2.69. The van der Waals surface area contributed by atoms with Gasteiger partial charge in [0, 0.05) is 18.1 Å². The van der Waals surface area contributed by atoms with Crippen LogP contribution in [-0.2, 0) is 9.53 Å². The minimum atomic E-state index is 0.0278. The number of piperidine rings is 1. The molecular formula is C12H22N2O2. The van der Waals surface area contributed by atoms with E-state index in [0.29, 0.717) is 18.1 Å². The molecule has 2 aliphatic rings. The second-order valence-corrected chi connectivity index (χ2v) is 5.23. The van der Waals surface area contributed by atoms with Crippen LogP contribution in [0.4, 0.5) is 0 Å². The van der Waals surface area contributed by atoms with Crippen LogP contribution in [0.5, 0.6) is 0 Å². The second kappa shape index (κ2) is 5.15. The van der Waals surface area contributed by atoms with Crippen molar-refractivity contribution in [2.75, 3.05) is 6.61 Å². The van der Waals surface area contributed by atoms with Crippen LogP contribution in [0.3, 0.4) is 0 Å². The summed E-state index contributed by atoms with van der Waals surface area (Å²) in [5, 5.41) is 6.63. The summed E-state index contributed by atoms with van der Waals surface area (Å²) in [6.45, 7) is 4.08. The molecule has 0 aromatic carbocycles. The van der Waals surface area contributed by atoms with Crippen LogP contribution in [0.25, 0.3) is 0 Å². The van der Waals surface area contributed by atoms with E-state index in [2.05, 4.69) is 10.6 Å². The summed E-state index contributed by atoms with van der Waals surface area (Å²) in [4.78, 5) is 11.6. The zero-order chi connectivity index (χ0) is 11.5. The molecule has 0 aliphatic carbocycles. The molecule has 0 spiro atoms. The van der Waals surface area contributed by atoms with Gasteiger partial charge in [-0.3, -0.25) is 4.79 Å². The van der Waals surface area contributed by atoms with E-state index in [4.69, 9.17) is 4.74 Å². The monoisotopic (exact) mass is 226 g/mol. The smallest absolute Gasteiger partial charge is 0.246 e. The first kappa shape index (κ1) is 11.9. The molecule has 2 bridgehead atoms. The second-order valence-electron chi connectivity index (χ2n) is 5.23. The average molecular weight is 226 g/mol. The lowest BCUT2D eigenvalue weighted by Gasteiger charge is -2.29. The van der Waals surface area contributed by atoms with E-state index < -0.39 is 0 Å². The van der Waals surface area contributed by atoms with E-state index in [0.717, 1.165) is 12.8 Å². The average Bonchev–Trinajstić information content (AvgIpc) is 2.55. The first-order valence-electron chi connectivity index (χ1n) is 6.30. The third-order valence-corrected chi connectivity index (χ3v) is 3.39. The zero-order valence-electron chi connectivity index (χ0n) is 10.2. The Morgan fingerprint density at radius 1 is 1.38 bits per heavy atom. The minimum absolute atomic E-state index is 0.0278. The Balaban J connectivity index is 1.71. The molecule has 2 saturated heterocycles. The highest BCUT2D eigenvalue weighted by molar-refractivity contribution is 5.77. The molecule has 2 atom stereocenters. The topological polar surface area (TPSA) is 50.4 Å². The van der Waals surface area contributed by atoms with E-state index in [1.54, 1.807) is 0 Å². The summed E-state index contributed by atoms with van der Waals surface area (Å²) in [6.07, 6.45) is 4.79. The Hall–Kier alpha value is -0.610. The number of rotatable bonds is 4. The Labute approximate surface area is 97.1 Å². The molecule has 2 heterocycles. The minimum Gasteiger partial charge on any atom is -0.369 e. The van der Waals surface area contributed by atoms with Gasteiger partial charge in [0.25, 0.3) is 0 Å². The number of ether oxygens (including phenoxy) is 1. The van der Waals surface area contributed by atoms with Crippen molar-refractivity contribution < 1.29 is 9.53 Å². The summed E-state index contributed by atoms with van der Waals surface area (Å²) in [5.74, 6) is 0.0278. The molecule has 4 heteroatoms. The van der Waals surface area contributed by atoms with Crippen molar-refractivity contribution in [2.24, 2.45) is 0 Å². The van der Waals surface area contributed by atoms with E-state index in [1.807, 2.05) is 13.8 Å². The summed E-state index contributed by atoms with van der Waals surface area (Å²) < 4.78 is 5.29. The molecule has 0 aromatic rings. The Morgan fingerprint density at radius 2 is 2.00 bits per heavy atom. The molecule has 2 N–H and O–H groups in total. The van der Waals surface area contributed by atoms with Crippen LogP contribution in [0.15, 0.2) is 0 Å². The van der Waals surface area contributed by atoms with Gasteiger partial charge in [0.05, 0.1) is 6.10 Å². The molecule has 4 nitrogen and oxygen atoms in total. The van der Waals surface area contributed by atoms with Gasteiger partial charge >= 0.3 is 0 Å². The van der Waals surface area contributed by atoms with Crippen molar-refractivity contribution in [2.45, 2.75) is 63.8 Å². The van der Waals surface area contributed by atoms with Crippen LogP contribution < -0.4 is 10.6 Å². The molecule has 0 radical (unpaired) electrons. The fraction of sp³-hybridized carbons (Fsp3) is 0.917. The van der Waals surface area contributed by atoms with Gasteiger partial charge in [0.2, 0.25) is 5.91 Å². The van der Waals surface area contributed by atoms with Gasteiger partial charge in [-0.1, -0.05) is 0 Å². The van der Waals surface area contributed by atoms with Crippen molar-refractivity contribution in [3.63, 3.8) is 0 Å². The summed E-state index contributed by atoms with van der Waals surface area (Å²) in [5.41, 5.74) is 0. The quantitative estimate of drug-likeness (QED) is 0.746. The molecule has 16 heavy (non-hydrogen) atoms. The highest BCUT2D eigenvalue weighted by atomic mass is 16.5. The fourth-order valence-electron chi connectivity index (χ4n) is 2.69. The number of carbonyl (C=O) groups excluding carboxylic acids is 1. The van der Waals surface area contributed by atoms with Crippen molar-refractivity contribution in [3.8, 4) is 0 Å².